The van der Waals surface area contributed by atoms with Gasteiger partial charge in [-0.25, -0.2) is 0 Å². The lowest BCUT2D eigenvalue weighted by molar-refractivity contribution is -0.146. The van der Waals surface area contributed by atoms with E-state index in [4.69, 9.17) is 0 Å². The number of amides is 2. The molecule has 2 aromatic carbocycles. The highest BCUT2D eigenvalue weighted by molar-refractivity contribution is 5.84. The van der Waals surface area contributed by atoms with E-state index in [0.29, 0.717) is 38.8 Å². The first-order valence-corrected chi connectivity index (χ1v) is 11.2. The Hall–Kier alpha value is -2.62. The largest absolute Gasteiger partial charge is 0.348 e. The van der Waals surface area contributed by atoms with Crippen LogP contribution in [0.4, 0.5) is 0 Å². The third-order valence-corrected chi connectivity index (χ3v) is 6.19. The van der Waals surface area contributed by atoms with Crippen LogP contribution in [-0.2, 0) is 16.0 Å². The SMILES string of the molecule is CN(C)C(=O)C1(Cc2cccc(-c3ccccc3)c2)CCN(C(=O)CC(C)(C)C)CC1. The van der Waals surface area contributed by atoms with Crippen LogP contribution in [0.5, 0.6) is 0 Å². The van der Waals surface area contributed by atoms with Crippen molar-refractivity contribution in [3.63, 3.8) is 0 Å². The first-order valence-electron chi connectivity index (χ1n) is 11.2. The molecule has 166 valence electrons. The van der Waals surface area contributed by atoms with Crippen LogP contribution in [0.25, 0.3) is 11.1 Å². The van der Waals surface area contributed by atoms with Gasteiger partial charge < -0.3 is 9.80 Å². The summed E-state index contributed by atoms with van der Waals surface area (Å²) in [5.41, 5.74) is 3.04. The summed E-state index contributed by atoms with van der Waals surface area (Å²) in [6.07, 6.45) is 2.65. The van der Waals surface area contributed by atoms with Crippen molar-refractivity contribution in [1.82, 2.24) is 9.80 Å². The number of piperidine rings is 1. The minimum absolute atomic E-state index is 0.0248. The Morgan fingerprint density at radius 2 is 1.55 bits per heavy atom. The molecule has 0 aliphatic carbocycles. The molecule has 1 aliphatic rings. The fourth-order valence-electron chi connectivity index (χ4n) is 4.57. The zero-order chi connectivity index (χ0) is 22.6. The molecular formula is C27H36N2O2. The molecule has 2 aromatic rings. The Morgan fingerprint density at radius 1 is 0.935 bits per heavy atom. The van der Waals surface area contributed by atoms with E-state index < -0.39 is 5.41 Å². The molecule has 1 aliphatic heterocycles. The monoisotopic (exact) mass is 420 g/mol. The number of nitrogens with zero attached hydrogens (tertiary/aromatic N) is 2. The van der Waals surface area contributed by atoms with Crippen LogP contribution in [0.15, 0.2) is 54.6 Å². The maximum atomic E-state index is 13.3. The molecule has 0 saturated carbocycles. The third-order valence-electron chi connectivity index (χ3n) is 6.19. The Morgan fingerprint density at radius 3 is 2.13 bits per heavy atom. The van der Waals surface area contributed by atoms with Crippen molar-refractivity contribution < 1.29 is 9.59 Å². The Kier molecular flexibility index (Phi) is 6.88. The van der Waals surface area contributed by atoms with Crippen molar-refractivity contribution in [2.45, 2.75) is 46.5 Å². The summed E-state index contributed by atoms with van der Waals surface area (Å²) >= 11 is 0. The number of hydrogen-bond acceptors (Lipinski definition) is 2. The zero-order valence-electron chi connectivity index (χ0n) is 19.6. The van der Waals surface area contributed by atoms with Gasteiger partial charge in [0.1, 0.15) is 0 Å². The maximum Gasteiger partial charge on any atom is 0.228 e. The van der Waals surface area contributed by atoms with Crippen molar-refractivity contribution in [3.8, 4) is 11.1 Å². The molecule has 0 atom stereocenters. The normalized spacial score (nSPS) is 16.1. The first kappa shape index (κ1) is 23.1. The van der Waals surface area contributed by atoms with Gasteiger partial charge in [0.25, 0.3) is 0 Å². The molecule has 0 bridgehead atoms. The van der Waals surface area contributed by atoms with Crippen molar-refractivity contribution in [1.29, 1.82) is 0 Å². The van der Waals surface area contributed by atoms with E-state index in [0.717, 1.165) is 0 Å². The van der Waals surface area contributed by atoms with Crippen LogP contribution in [-0.4, -0.2) is 48.8 Å². The van der Waals surface area contributed by atoms with Gasteiger partial charge in [-0.3, -0.25) is 9.59 Å². The fourth-order valence-corrected chi connectivity index (χ4v) is 4.57. The lowest BCUT2D eigenvalue weighted by atomic mass is 9.72. The number of carbonyl (C=O) groups is 2. The Balaban J connectivity index is 1.80. The summed E-state index contributed by atoms with van der Waals surface area (Å²) < 4.78 is 0. The average Bonchev–Trinajstić information content (AvgIpc) is 2.73. The smallest absolute Gasteiger partial charge is 0.228 e. The van der Waals surface area contributed by atoms with Crippen molar-refractivity contribution >= 4 is 11.8 Å². The van der Waals surface area contributed by atoms with Crippen LogP contribution >= 0.6 is 0 Å². The summed E-state index contributed by atoms with van der Waals surface area (Å²) in [5.74, 6) is 0.366. The molecule has 2 amide bonds. The number of carbonyl (C=O) groups excluding carboxylic acids is 2. The minimum Gasteiger partial charge on any atom is -0.348 e. The molecule has 0 spiro atoms. The third kappa shape index (κ3) is 5.75. The van der Waals surface area contributed by atoms with Crippen LogP contribution in [0.2, 0.25) is 0 Å². The molecule has 1 heterocycles. The van der Waals surface area contributed by atoms with Gasteiger partial charge in [0.2, 0.25) is 11.8 Å². The molecule has 0 N–H and O–H groups in total. The summed E-state index contributed by atoms with van der Waals surface area (Å²) in [6, 6.07) is 18.9. The minimum atomic E-state index is -0.461. The number of hydrogen-bond donors (Lipinski definition) is 0. The maximum absolute atomic E-state index is 13.3. The van der Waals surface area contributed by atoms with E-state index in [-0.39, 0.29) is 17.2 Å². The fraction of sp³-hybridized carbons (Fsp3) is 0.481. The molecule has 4 nitrogen and oxygen atoms in total. The molecule has 4 heteroatoms. The summed E-state index contributed by atoms with van der Waals surface area (Å²) in [5, 5.41) is 0. The lowest BCUT2D eigenvalue weighted by Gasteiger charge is -2.42. The number of benzene rings is 2. The molecular weight excluding hydrogens is 384 g/mol. The van der Waals surface area contributed by atoms with Gasteiger partial charge in [0.15, 0.2) is 0 Å². The lowest BCUT2D eigenvalue weighted by Crippen LogP contribution is -2.51. The quantitative estimate of drug-likeness (QED) is 0.681. The molecule has 1 saturated heterocycles. The second kappa shape index (κ2) is 9.25. The topological polar surface area (TPSA) is 40.6 Å². The van der Waals surface area contributed by atoms with E-state index in [1.54, 1.807) is 4.90 Å². The Bertz CT molecular complexity index is 904. The van der Waals surface area contributed by atoms with E-state index in [1.807, 2.05) is 37.2 Å². The highest BCUT2D eigenvalue weighted by Gasteiger charge is 2.43. The van der Waals surface area contributed by atoms with Gasteiger partial charge in [-0.05, 0) is 41.4 Å². The Labute approximate surface area is 187 Å². The molecule has 0 aromatic heterocycles. The second-order valence-electron chi connectivity index (χ2n) is 10.3. The number of likely N-dealkylation sites (tertiary alicyclic amines) is 1. The molecule has 3 rings (SSSR count). The average molecular weight is 421 g/mol. The molecule has 0 unspecified atom stereocenters. The van der Waals surface area contributed by atoms with Crippen molar-refractivity contribution in [2.75, 3.05) is 27.2 Å². The molecule has 31 heavy (non-hydrogen) atoms. The molecule has 1 fully saturated rings. The van der Waals surface area contributed by atoms with E-state index in [9.17, 15) is 9.59 Å². The van der Waals surface area contributed by atoms with Crippen LogP contribution in [0.3, 0.4) is 0 Å². The summed E-state index contributed by atoms with van der Waals surface area (Å²) in [6.45, 7) is 7.57. The van der Waals surface area contributed by atoms with E-state index >= 15 is 0 Å². The predicted octanol–water partition coefficient (Wildman–Crippen LogP) is 5.03. The van der Waals surface area contributed by atoms with Gasteiger partial charge in [0, 0.05) is 33.6 Å². The second-order valence-corrected chi connectivity index (χ2v) is 10.3. The van der Waals surface area contributed by atoms with Crippen LogP contribution in [0.1, 0.15) is 45.6 Å². The first-order chi connectivity index (χ1) is 14.6. The predicted molar refractivity (Wildman–Crippen MR) is 127 cm³/mol. The van der Waals surface area contributed by atoms with E-state index in [2.05, 4.69) is 57.2 Å². The van der Waals surface area contributed by atoms with Gasteiger partial charge in [-0.1, -0.05) is 75.4 Å². The van der Waals surface area contributed by atoms with Gasteiger partial charge in [0.05, 0.1) is 5.41 Å². The van der Waals surface area contributed by atoms with Crippen LogP contribution in [0, 0.1) is 10.8 Å². The molecule has 0 radical (unpaired) electrons. The highest BCUT2D eigenvalue weighted by atomic mass is 16.2. The van der Waals surface area contributed by atoms with Crippen molar-refractivity contribution in [2.24, 2.45) is 10.8 Å². The standard InChI is InChI=1S/C27H36N2O2/c1-26(2,3)20-24(30)29-16-14-27(15-17-29,25(31)28(4)5)19-21-10-9-13-23(18-21)22-11-7-6-8-12-22/h6-13,18H,14-17,19-20H2,1-5H3. The zero-order valence-corrected chi connectivity index (χ0v) is 19.6. The van der Waals surface area contributed by atoms with Gasteiger partial charge in [-0.2, -0.15) is 0 Å². The van der Waals surface area contributed by atoms with Crippen molar-refractivity contribution in [3.05, 3.63) is 60.2 Å². The van der Waals surface area contributed by atoms with E-state index in [1.165, 1.54) is 16.7 Å². The van der Waals surface area contributed by atoms with Gasteiger partial charge in [-0.15, -0.1) is 0 Å². The van der Waals surface area contributed by atoms with Crippen LogP contribution < -0.4 is 0 Å². The summed E-state index contributed by atoms with van der Waals surface area (Å²) in [7, 11) is 3.67. The summed E-state index contributed by atoms with van der Waals surface area (Å²) in [4.78, 5) is 29.7. The number of rotatable bonds is 5. The van der Waals surface area contributed by atoms with Gasteiger partial charge >= 0.3 is 0 Å². The highest BCUT2D eigenvalue weighted by Crippen LogP contribution is 2.38.